The van der Waals surface area contributed by atoms with Crippen molar-refractivity contribution in [1.29, 1.82) is 0 Å². The zero-order valence-corrected chi connectivity index (χ0v) is 16.2. The number of ether oxygens (including phenoxy) is 1. The molecule has 0 radical (unpaired) electrons. The van der Waals surface area contributed by atoms with Crippen LogP contribution in [0, 0.1) is 0 Å². The minimum absolute atomic E-state index is 0.00986. The number of aliphatic imine (C=N–C) groups is 1. The smallest absolute Gasteiger partial charge is 0.193 e. The Morgan fingerprint density at radius 3 is 2.59 bits per heavy atom. The maximum Gasteiger partial charge on any atom is 0.193 e. The fourth-order valence-electron chi connectivity index (χ4n) is 3.81. The van der Waals surface area contributed by atoms with Crippen molar-refractivity contribution in [3.63, 3.8) is 0 Å². The highest BCUT2D eigenvalue weighted by Gasteiger charge is 2.34. The molecule has 0 amide bonds. The van der Waals surface area contributed by atoms with E-state index in [9.17, 15) is 0 Å². The van der Waals surface area contributed by atoms with Crippen LogP contribution in [-0.2, 0) is 0 Å². The summed E-state index contributed by atoms with van der Waals surface area (Å²) in [6.07, 6.45) is 4.71. The van der Waals surface area contributed by atoms with Gasteiger partial charge in [-0.05, 0) is 37.5 Å². The normalized spacial score (nSPS) is 17.5. The second-order valence-electron chi connectivity index (χ2n) is 7.32. The Morgan fingerprint density at radius 2 is 1.89 bits per heavy atom. The zero-order valence-electron chi connectivity index (χ0n) is 16.2. The van der Waals surface area contributed by atoms with E-state index in [2.05, 4.69) is 52.9 Å². The number of benzene rings is 2. The molecule has 2 aromatic rings. The molecule has 0 saturated heterocycles. The van der Waals surface area contributed by atoms with Gasteiger partial charge in [0.2, 0.25) is 0 Å². The number of methoxy groups -OCH3 is 1. The molecule has 1 saturated carbocycles. The number of rotatable bonds is 7. The van der Waals surface area contributed by atoms with E-state index in [1.165, 1.54) is 18.4 Å². The SMILES string of the molecule is COc1cccc(NC(N)=NCC2(NC(C)c3ccccc3)CCCC2)c1. The van der Waals surface area contributed by atoms with E-state index in [1.54, 1.807) is 7.11 Å². The summed E-state index contributed by atoms with van der Waals surface area (Å²) < 4.78 is 5.25. The molecule has 5 nitrogen and oxygen atoms in total. The van der Waals surface area contributed by atoms with Crippen LogP contribution in [0.15, 0.2) is 59.6 Å². The van der Waals surface area contributed by atoms with Crippen molar-refractivity contribution in [2.24, 2.45) is 10.7 Å². The van der Waals surface area contributed by atoms with Crippen LogP contribution in [0.25, 0.3) is 0 Å². The Kier molecular flexibility index (Phi) is 6.35. The van der Waals surface area contributed by atoms with Crippen LogP contribution in [0.2, 0.25) is 0 Å². The van der Waals surface area contributed by atoms with Crippen LogP contribution in [-0.4, -0.2) is 25.2 Å². The maximum atomic E-state index is 6.15. The third kappa shape index (κ3) is 5.23. The quantitative estimate of drug-likeness (QED) is 0.510. The second-order valence-corrected chi connectivity index (χ2v) is 7.32. The molecule has 1 aliphatic carbocycles. The Balaban J connectivity index is 1.65. The van der Waals surface area contributed by atoms with Crippen molar-refractivity contribution in [2.45, 2.75) is 44.2 Å². The number of hydrogen-bond donors (Lipinski definition) is 3. The monoisotopic (exact) mass is 366 g/mol. The molecular formula is C22H30N4O. The number of hydrogen-bond acceptors (Lipinski definition) is 3. The molecule has 27 heavy (non-hydrogen) atoms. The van der Waals surface area contributed by atoms with Gasteiger partial charge in [-0.1, -0.05) is 49.2 Å². The first-order valence-corrected chi connectivity index (χ1v) is 9.64. The first kappa shape index (κ1) is 19.2. The van der Waals surface area contributed by atoms with E-state index in [0.717, 1.165) is 24.3 Å². The van der Waals surface area contributed by atoms with E-state index in [1.807, 2.05) is 24.3 Å². The van der Waals surface area contributed by atoms with Gasteiger partial charge >= 0.3 is 0 Å². The van der Waals surface area contributed by atoms with Crippen molar-refractivity contribution in [2.75, 3.05) is 19.0 Å². The molecule has 3 rings (SSSR count). The predicted octanol–water partition coefficient (Wildman–Crippen LogP) is 4.09. The molecule has 0 aliphatic heterocycles. The highest BCUT2D eigenvalue weighted by molar-refractivity contribution is 5.92. The van der Waals surface area contributed by atoms with E-state index in [0.29, 0.717) is 12.5 Å². The summed E-state index contributed by atoms with van der Waals surface area (Å²) in [5.41, 5.74) is 8.33. The summed E-state index contributed by atoms with van der Waals surface area (Å²) in [7, 11) is 1.65. The molecule has 0 heterocycles. The van der Waals surface area contributed by atoms with E-state index in [4.69, 9.17) is 10.5 Å². The minimum atomic E-state index is 0.00986. The Hall–Kier alpha value is -2.53. The lowest BCUT2D eigenvalue weighted by Gasteiger charge is -2.33. The van der Waals surface area contributed by atoms with Crippen molar-refractivity contribution >= 4 is 11.6 Å². The molecule has 144 valence electrons. The van der Waals surface area contributed by atoms with Gasteiger partial charge in [0, 0.05) is 23.3 Å². The molecule has 0 bridgehead atoms. The van der Waals surface area contributed by atoms with Crippen molar-refractivity contribution in [3.05, 3.63) is 60.2 Å². The largest absolute Gasteiger partial charge is 0.497 e. The van der Waals surface area contributed by atoms with Crippen LogP contribution in [0.4, 0.5) is 5.69 Å². The number of nitrogens with two attached hydrogens (primary N) is 1. The van der Waals surface area contributed by atoms with E-state index >= 15 is 0 Å². The van der Waals surface area contributed by atoms with E-state index < -0.39 is 0 Å². The molecule has 2 aromatic carbocycles. The molecule has 4 N–H and O–H groups in total. The number of anilines is 1. The number of nitrogens with one attached hydrogen (secondary N) is 2. The summed E-state index contributed by atoms with van der Waals surface area (Å²) in [6.45, 7) is 2.89. The molecule has 1 atom stereocenters. The van der Waals surface area contributed by atoms with Gasteiger partial charge in [-0.25, -0.2) is 0 Å². The van der Waals surface area contributed by atoms with Crippen LogP contribution < -0.4 is 21.1 Å². The molecule has 0 spiro atoms. The van der Waals surface area contributed by atoms with Crippen molar-refractivity contribution in [3.8, 4) is 5.75 Å². The lowest BCUT2D eigenvalue weighted by Crippen LogP contribution is -2.47. The van der Waals surface area contributed by atoms with Gasteiger partial charge in [0.05, 0.1) is 13.7 Å². The van der Waals surface area contributed by atoms with Crippen molar-refractivity contribution in [1.82, 2.24) is 5.32 Å². The van der Waals surface area contributed by atoms with Crippen LogP contribution in [0.5, 0.6) is 5.75 Å². The summed E-state index contributed by atoms with van der Waals surface area (Å²) in [6, 6.07) is 18.5. The van der Waals surface area contributed by atoms with E-state index in [-0.39, 0.29) is 11.6 Å². The molecule has 0 aromatic heterocycles. The molecule has 1 fully saturated rings. The second kappa shape index (κ2) is 8.91. The predicted molar refractivity (Wildman–Crippen MR) is 112 cm³/mol. The summed E-state index contributed by atoms with van der Waals surface area (Å²) >= 11 is 0. The fraction of sp³-hybridized carbons (Fsp3) is 0.409. The minimum Gasteiger partial charge on any atom is -0.497 e. The highest BCUT2D eigenvalue weighted by Crippen LogP contribution is 2.32. The highest BCUT2D eigenvalue weighted by atomic mass is 16.5. The van der Waals surface area contributed by atoms with Gasteiger partial charge in [-0.3, -0.25) is 4.99 Å². The van der Waals surface area contributed by atoms with Crippen LogP contribution in [0.1, 0.15) is 44.2 Å². The zero-order chi connectivity index (χ0) is 19.1. The van der Waals surface area contributed by atoms with Gasteiger partial charge in [-0.2, -0.15) is 0 Å². The van der Waals surface area contributed by atoms with Gasteiger partial charge in [0.1, 0.15) is 5.75 Å². The third-order valence-electron chi connectivity index (χ3n) is 5.28. The summed E-state index contributed by atoms with van der Waals surface area (Å²) in [5, 5.41) is 7.00. The lowest BCUT2D eigenvalue weighted by molar-refractivity contribution is 0.308. The maximum absolute atomic E-state index is 6.15. The fourth-order valence-corrected chi connectivity index (χ4v) is 3.81. The van der Waals surface area contributed by atoms with Crippen LogP contribution >= 0.6 is 0 Å². The lowest BCUT2D eigenvalue weighted by atomic mass is 9.95. The Morgan fingerprint density at radius 1 is 1.15 bits per heavy atom. The third-order valence-corrected chi connectivity index (χ3v) is 5.28. The summed E-state index contributed by atoms with van der Waals surface area (Å²) in [4.78, 5) is 4.66. The topological polar surface area (TPSA) is 71.7 Å². The average Bonchev–Trinajstić information content (AvgIpc) is 3.16. The standard InChI is InChI=1S/C22H30N4O/c1-17(18-9-4-3-5-10-18)26-22(13-6-7-14-22)16-24-21(23)25-19-11-8-12-20(15-19)27-2/h3-5,8-12,15,17,26H,6-7,13-14,16H2,1-2H3,(H3,23,24,25). The van der Waals surface area contributed by atoms with Gasteiger partial charge in [-0.15, -0.1) is 0 Å². The molecular weight excluding hydrogens is 336 g/mol. The van der Waals surface area contributed by atoms with Crippen LogP contribution in [0.3, 0.4) is 0 Å². The summed E-state index contributed by atoms with van der Waals surface area (Å²) in [5.74, 6) is 1.22. The van der Waals surface area contributed by atoms with Crippen molar-refractivity contribution < 1.29 is 4.74 Å². The Bertz CT molecular complexity index is 754. The van der Waals surface area contributed by atoms with Gasteiger partial charge < -0.3 is 21.1 Å². The molecule has 5 heteroatoms. The first-order chi connectivity index (χ1) is 13.1. The van der Waals surface area contributed by atoms with Gasteiger partial charge in [0.15, 0.2) is 5.96 Å². The van der Waals surface area contributed by atoms with Gasteiger partial charge in [0.25, 0.3) is 0 Å². The molecule has 1 unspecified atom stereocenters. The first-order valence-electron chi connectivity index (χ1n) is 9.64. The number of guanidine groups is 1. The molecule has 1 aliphatic rings. The average molecular weight is 367 g/mol. The number of nitrogens with zero attached hydrogens (tertiary/aromatic N) is 1. The Labute approximate surface area is 162 Å².